The number of nitrogens with zero attached hydrogens (tertiary/aromatic N) is 2. The Morgan fingerprint density at radius 2 is 2.33 bits per heavy atom. The number of carbonyl (C=O) groups is 1. The van der Waals surface area contributed by atoms with Crippen LogP contribution in [0.2, 0.25) is 0 Å². The van der Waals surface area contributed by atoms with Crippen molar-refractivity contribution in [2.45, 2.75) is 26.3 Å². The molecule has 84 valence electrons. The normalized spacial score (nSPS) is 12.5. The molecule has 0 radical (unpaired) electrons. The van der Waals surface area contributed by atoms with Gasteiger partial charge in [0.05, 0.1) is 6.04 Å². The van der Waals surface area contributed by atoms with Crippen molar-refractivity contribution in [1.82, 2.24) is 20.8 Å². The third-order valence-corrected chi connectivity index (χ3v) is 2.04. The summed E-state index contributed by atoms with van der Waals surface area (Å²) in [5, 5.41) is 9.35. The maximum atomic E-state index is 11.3. The Morgan fingerprint density at radius 1 is 1.60 bits per heavy atom. The number of rotatable bonds is 5. The smallest absolute Gasteiger partial charge is 0.236 e. The van der Waals surface area contributed by atoms with E-state index in [9.17, 15) is 4.79 Å². The summed E-state index contributed by atoms with van der Waals surface area (Å²) in [5.74, 6) is 1.13. The average molecular weight is 212 g/mol. The zero-order valence-corrected chi connectivity index (χ0v) is 9.20. The van der Waals surface area contributed by atoms with Gasteiger partial charge in [-0.1, -0.05) is 5.16 Å². The maximum absolute atomic E-state index is 11.3. The number of carbonyl (C=O) groups excluding carboxylic acids is 1. The largest absolute Gasteiger partial charge is 0.354 e. The molecule has 0 bridgehead atoms. The van der Waals surface area contributed by atoms with Crippen LogP contribution in [0.3, 0.4) is 0 Å². The second kappa shape index (κ2) is 5.45. The Bertz CT molecular complexity index is 324. The topological polar surface area (TPSA) is 80.0 Å². The highest BCUT2D eigenvalue weighted by Gasteiger charge is 2.09. The van der Waals surface area contributed by atoms with E-state index in [0.29, 0.717) is 24.7 Å². The lowest BCUT2D eigenvalue weighted by Gasteiger charge is -2.09. The van der Waals surface area contributed by atoms with Crippen molar-refractivity contribution in [1.29, 1.82) is 0 Å². The Hall–Kier alpha value is -1.43. The van der Waals surface area contributed by atoms with Crippen LogP contribution in [-0.2, 0) is 11.2 Å². The molecule has 15 heavy (non-hydrogen) atoms. The number of aromatic nitrogens is 2. The molecule has 0 spiro atoms. The molecular formula is C9H16N4O2. The minimum atomic E-state index is -0.183. The van der Waals surface area contributed by atoms with Gasteiger partial charge in [0, 0.05) is 19.9 Å². The number of nitrogens with one attached hydrogen (secondary N) is 2. The van der Waals surface area contributed by atoms with Crippen LogP contribution in [0.1, 0.15) is 18.6 Å². The molecule has 0 saturated carbocycles. The zero-order valence-electron chi connectivity index (χ0n) is 9.20. The minimum absolute atomic E-state index is 0.0299. The lowest BCUT2D eigenvalue weighted by molar-refractivity contribution is -0.122. The first-order valence-electron chi connectivity index (χ1n) is 4.87. The molecule has 0 aromatic carbocycles. The van der Waals surface area contributed by atoms with Crippen molar-refractivity contribution in [2.75, 3.05) is 13.6 Å². The molecule has 1 rings (SSSR count). The summed E-state index contributed by atoms with van der Waals surface area (Å²) in [6, 6.07) is -0.183. The van der Waals surface area contributed by atoms with Gasteiger partial charge in [0.25, 0.3) is 0 Å². The van der Waals surface area contributed by atoms with Gasteiger partial charge >= 0.3 is 0 Å². The van der Waals surface area contributed by atoms with Gasteiger partial charge < -0.3 is 15.2 Å². The third-order valence-electron chi connectivity index (χ3n) is 2.04. The van der Waals surface area contributed by atoms with Gasteiger partial charge in [-0.05, 0) is 14.0 Å². The highest BCUT2D eigenvalue weighted by molar-refractivity contribution is 5.81. The van der Waals surface area contributed by atoms with Crippen LogP contribution < -0.4 is 10.6 Å². The predicted octanol–water partition coefficient (Wildman–Crippen LogP) is -0.355. The van der Waals surface area contributed by atoms with Gasteiger partial charge in [0.15, 0.2) is 5.82 Å². The minimum Gasteiger partial charge on any atom is -0.354 e. The summed E-state index contributed by atoms with van der Waals surface area (Å²) >= 11 is 0. The van der Waals surface area contributed by atoms with Gasteiger partial charge in [-0.25, -0.2) is 0 Å². The zero-order chi connectivity index (χ0) is 11.3. The van der Waals surface area contributed by atoms with Gasteiger partial charge in [0.1, 0.15) is 0 Å². The predicted molar refractivity (Wildman–Crippen MR) is 54.3 cm³/mol. The molecule has 1 aromatic rings. The van der Waals surface area contributed by atoms with Crippen molar-refractivity contribution >= 4 is 5.91 Å². The molecule has 0 saturated heterocycles. The van der Waals surface area contributed by atoms with E-state index >= 15 is 0 Å². The Balaban J connectivity index is 2.24. The third kappa shape index (κ3) is 3.67. The summed E-state index contributed by atoms with van der Waals surface area (Å²) in [6.07, 6.45) is 0.583. The van der Waals surface area contributed by atoms with Gasteiger partial charge in [-0.3, -0.25) is 4.79 Å². The molecule has 1 heterocycles. The van der Waals surface area contributed by atoms with E-state index < -0.39 is 0 Å². The van der Waals surface area contributed by atoms with E-state index in [1.807, 2.05) is 0 Å². The van der Waals surface area contributed by atoms with Crippen molar-refractivity contribution in [2.24, 2.45) is 0 Å². The Kier molecular flexibility index (Phi) is 4.23. The second-order valence-electron chi connectivity index (χ2n) is 3.28. The molecule has 0 fully saturated rings. The molecule has 1 amide bonds. The van der Waals surface area contributed by atoms with Crippen LogP contribution in [0.4, 0.5) is 0 Å². The average Bonchev–Trinajstić information content (AvgIpc) is 2.63. The molecule has 0 aliphatic rings. The van der Waals surface area contributed by atoms with Crippen molar-refractivity contribution in [3.8, 4) is 0 Å². The molecule has 6 nitrogen and oxygen atoms in total. The highest BCUT2D eigenvalue weighted by Crippen LogP contribution is 1.94. The summed E-state index contributed by atoms with van der Waals surface area (Å²) < 4.78 is 4.80. The van der Waals surface area contributed by atoms with E-state index in [2.05, 4.69) is 20.8 Å². The van der Waals surface area contributed by atoms with Crippen LogP contribution >= 0.6 is 0 Å². The van der Waals surface area contributed by atoms with Crippen LogP contribution in [0.15, 0.2) is 4.52 Å². The van der Waals surface area contributed by atoms with E-state index in [1.165, 1.54) is 0 Å². The molecule has 1 unspecified atom stereocenters. The number of hydrogen-bond acceptors (Lipinski definition) is 5. The second-order valence-corrected chi connectivity index (χ2v) is 3.28. The van der Waals surface area contributed by atoms with E-state index in [4.69, 9.17) is 4.52 Å². The summed E-state index contributed by atoms with van der Waals surface area (Å²) in [5.41, 5.74) is 0. The Labute approximate surface area is 88.4 Å². The molecule has 0 aliphatic heterocycles. The molecular weight excluding hydrogens is 196 g/mol. The van der Waals surface area contributed by atoms with Crippen LogP contribution in [0, 0.1) is 6.92 Å². The van der Waals surface area contributed by atoms with Crippen LogP contribution in [0.5, 0.6) is 0 Å². The van der Waals surface area contributed by atoms with Crippen molar-refractivity contribution in [3.63, 3.8) is 0 Å². The fourth-order valence-electron chi connectivity index (χ4n) is 1.02. The monoisotopic (exact) mass is 212 g/mol. The van der Waals surface area contributed by atoms with Crippen molar-refractivity contribution in [3.05, 3.63) is 11.7 Å². The van der Waals surface area contributed by atoms with Crippen molar-refractivity contribution < 1.29 is 9.32 Å². The fraction of sp³-hybridized carbons (Fsp3) is 0.667. The van der Waals surface area contributed by atoms with Crippen LogP contribution in [0.25, 0.3) is 0 Å². The molecule has 6 heteroatoms. The summed E-state index contributed by atoms with van der Waals surface area (Å²) in [6.45, 7) is 4.05. The molecule has 2 N–H and O–H groups in total. The lowest BCUT2D eigenvalue weighted by atomic mass is 10.3. The number of likely N-dealkylation sites (N-methyl/N-ethyl adjacent to an activating group) is 1. The van der Waals surface area contributed by atoms with E-state index in [0.717, 1.165) is 0 Å². The number of hydrogen-bond donors (Lipinski definition) is 2. The maximum Gasteiger partial charge on any atom is 0.236 e. The quantitative estimate of drug-likeness (QED) is 0.697. The summed E-state index contributed by atoms with van der Waals surface area (Å²) in [7, 11) is 1.74. The lowest BCUT2D eigenvalue weighted by Crippen LogP contribution is -2.41. The van der Waals surface area contributed by atoms with Gasteiger partial charge in [-0.15, -0.1) is 0 Å². The fourth-order valence-corrected chi connectivity index (χ4v) is 1.02. The number of amides is 1. The van der Waals surface area contributed by atoms with E-state index in [1.54, 1.807) is 20.9 Å². The molecule has 0 aliphatic carbocycles. The standard InChI is InChI=1S/C9H16N4O2/c1-6(10-3)9(14)11-5-4-8-12-7(2)15-13-8/h6,10H,4-5H2,1-3H3,(H,11,14). The van der Waals surface area contributed by atoms with Crippen LogP contribution in [-0.4, -0.2) is 35.7 Å². The first kappa shape index (κ1) is 11.6. The SMILES string of the molecule is CNC(C)C(=O)NCCc1noc(C)n1. The molecule has 1 atom stereocenters. The molecule has 1 aromatic heterocycles. The number of aryl methyl sites for hydroxylation is 1. The first-order valence-corrected chi connectivity index (χ1v) is 4.87. The Morgan fingerprint density at radius 3 is 2.87 bits per heavy atom. The highest BCUT2D eigenvalue weighted by atomic mass is 16.5. The summed E-state index contributed by atoms with van der Waals surface area (Å²) in [4.78, 5) is 15.4. The van der Waals surface area contributed by atoms with Gasteiger partial charge in [0.2, 0.25) is 11.8 Å². The van der Waals surface area contributed by atoms with Gasteiger partial charge in [-0.2, -0.15) is 4.98 Å². The first-order chi connectivity index (χ1) is 7.13. The van der Waals surface area contributed by atoms with E-state index in [-0.39, 0.29) is 11.9 Å².